The van der Waals surface area contributed by atoms with Crippen molar-refractivity contribution in [2.24, 2.45) is 5.92 Å². The van der Waals surface area contributed by atoms with E-state index in [1.54, 1.807) is 7.11 Å². The molecule has 1 heterocycles. The number of hydrogen-bond donors (Lipinski definition) is 1. The van der Waals surface area contributed by atoms with E-state index in [2.05, 4.69) is 0 Å². The number of amides is 1. The molecule has 1 aromatic rings. The maximum absolute atomic E-state index is 12.0. The molecule has 116 valence electrons. The Hall–Kier alpha value is -1.39. The molecular formula is C17H25NO3. The van der Waals surface area contributed by atoms with Crippen molar-refractivity contribution in [3.8, 4) is 0 Å². The van der Waals surface area contributed by atoms with Crippen LogP contribution in [0.4, 0.5) is 0 Å². The van der Waals surface area contributed by atoms with Crippen LogP contribution >= 0.6 is 0 Å². The highest BCUT2D eigenvalue weighted by Gasteiger charge is 2.27. The summed E-state index contributed by atoms with van der Waals surface area (Å²) in [5.74, 6) is 0.454. The number of carbonyl (C=O) groups excluding carboxylic acids is 1. The fourth-order valence-corrected chi connectivity index (χ4v) is 2.91. The number of piperidine rings is 1. The zero-order valence-corrected chi connectivity index (χ0v) is 12.7. The van der Waals surface area contributed by atoms with E-state index in [1.165, 1.54) is 0 Å². The number of aliphatic hydroxyl groups excluding tert-OH is 1. The number of aliphatic hydroxyl groups is 1. The Morgan fingerprint density at radius 3 is 2.62 bits per heavy atom. The molecule has 1 N–H and O–H groups in total. The van der Waals surface area contributed by atoms with Crippen LogP contribution in [-0.2, 0) is 9.53 Å². The molecule has 0 saturated carbocycles. The van der Waals surface area contributed by atoms with Crippen LogP contribution in [0.1, 0.15) is 37.4 Å². The van der Waals surface area contributed by atoms with Gasteiger partial charge in [-0.25, -0.2) is 0 Å². The molecule has 1 amide bonds. The third-order valence-electron chi connectivity index (χ3n) is 4.22. The molecule has 1 aromatic carbocycles. The standard InChI is InChI=1S/C17H25NO3/c1-21-13-5-8-16(19)18-11-9-15(10-12-18)17(20)14-6-3-2-4-7-14/h2-4,6-7,15,17,20H,5,8-13H2,1H3. The van der Waals surface area contributed by atoms with Gasteiger partial charge in [0.15, 0.2) is 0 Å². The Kier molecular flexibility index (Phi) is 6.21. The number of methoxy groups -OCH3 is 1. The first-order valence-electron chi connectivity index (χ1n) is 7.72. The minimum Gasteiger partial charge on any atom is -0.388 e. The average Bonchev–Trinajstić information content (AvgIpc) is 2.55. The lowest BCUT2D eigenvalue weighted by atomic mass is 9.87. The summed E-state index contributed by atoms with van der Waals surface area (Å²) < 4.78 is 4.97. The molecule has 21 heavy (non-hydrogen) atoms. The van der Waals surface area contributed by atoms with Crippen molar-refractivity contribution in [3.63, 3.8) is 0 Å². The topological polar surface area (TPSA) is 49.8 Å². The van der Waals surface area contributed by atoms with E-state index in [1.807, 2.05) is 35.2 Å². The molecule has 1 aliphatic rings. The summed E-state index contributed by atoms with van der Waals surface area (Å²) in [4.78, 5) is 13.9. The third-order valence-corrected chi connectivity index (χ3v) is 4.22. The molecular weight excluding hydrogens is 266 g/mol. The van der Waals surface area contributed by atoms with Gasteiger partial charge in [-0.1, -0.05) is 30.3 Å². The molecule has 0 radical (unpaired) electrons. The van der Waals surface area contributed by atoms with Gasteiger partial charge in [-0.2, -0.15) is 0 Å². The van der Waals surface area contributed by atoms with Gasteiger partial charge in [0, 0.05) is 33.2 Å². The number of benzene rings is 1. The molecule has 1 aliphatic heterocycles. The van der Waals surface area contributed by atoms with Gasteiger partial charge >= 0.3 is 0 Å². The van der Waals surface area contributed by atoms with Gasteiger partial charge in [-0.3, -0.25) is 4.79 Å². The van der Waals surface area contributed by atoms with E-state index in [4.69, 9.17) is 4.74 Å². The van der Waals surface area contributed by atoms with Crippen LogP contribution in [-0.4, -0.2) is 42.7 Å². The molecule has 1 unspecified atom stereocenters. The Balaban J connectivity index is 1.79. The molecule has 1 fully saturated rings. The van der Waals surface area contributed by atoms with Gasteiger partial charge in [-0.05, 0) is 30.7 Å². The Morgan fingerprint density at radius 2 is 2.00 bits per heavy atom. The zero-order chi connectivity index (χ0) is 15.1. The molecule has 0 spiro atoms. The molecule has 4 heteroatoms. The first-order valence-corrected chi connectivity index (χ1v) is 7.72. The lowest BCUT2D eigenvalue weighted by Crippen LogP contribution is -2.39. The molecule has 1 atom stereocenters. The van der Waals surface area contributed by atoms with Crippen molar-refractivity contribution >= 4 is 5.91 Å². The second-order valence-corrected chi connectivity index (χ2v) is 5.67. The Morgan fingerprint density at radius 1 is 1.33 bits per heavy atom. The van der Waals surface area contributed by atoms with Crippen molar-refractivity contribution in [2.45, 2.75) is 31.8 Å². The van der Waals surface area contributed by atoms with E-state index >= 15 is 0 Å². The summed E-state index contributed by atoms with van der Waals surface area (Å²) >= 11 is 0. The minimum absolute atomic E-state index is 0.208. The number of carbonyl (C=O) groups is 1. The number of likely N-dealkylation sites (tertiary alicyclic amines) is 1. The molecule has 2 rings (SSSR count). The summed E-state index contributed by atoms with van der Waals surface area (Å²) in [7, 11) is 1.65. The maximum Gasteiger partial charge on any atom is 0.222 e. The molecule has 4 nitrogen and oxygen atoms in total. The third kappa shape index (κ3) is 4.55. The highest BCUT2D eigenvalue weighted by Crippen LogP contribution is 2.30. The van der Waals surface area contributed by atoms with Crippen molar-refractivity contribution < 1.29 is 14.6 Å². The van der Waals surface area contributed by atoms with Gasteiger partial charge in [0.05, 0.1) is 6.10 Å². The van der Waals surface area contributed by atoms with E-state index in [0.29, 0.717) is 13.0 Å². The van der Waals surface area contributed by atoms with Crippen LogP contribution in [0.25, 0.3) is 0 Å². The fraction of sp³-hybridized carbons (Fsp3) is 0.588. The smallest absolute Gasteiger partial charge is 0.222 e. The quantitative estimate of drug-likeness (QED) is 0.819. The van der Waals surface area contributed by atoms with Crippen LogP contribution < -0.4 is 0 Å². The summed E-state index contributed by atoms with van der Waals surface area (Å²) in [6.45, 7) is 2.13. The molecule has 0 aromatic heterocycles. The van der Waals surface area contributed by atoms with Crippen molar-refractivity contribution in [1.82, 2.24) is 4.90 Å². The summed E-state index contributed by atoms with van der Waals surface area (Å²) in [5, 5.41) is 10.4. The summed E-state index contributed by atoms with van der Waals surface area (Å²) in [6.07, 6.45) is 2.65. The largest absolute Gasteiger partial charge is 0.388 e. The van der Waals surface area contributed by atoms with Crippen molar-refractivity contribution in [1.29, 1.82) is 0 Å². The normalized spacial score (nSPS) is 17.7. The summed E-state index contributed by atoms with van der Waals surface area (Å²) in [6, 6.07) is 9.79. The van der Waals surface area contributed by atoms with Crippen molar-refractivity contribution in [3.05, 3.63) is 35.9 Å². The van der Waals surface area contributed by atoms with Crippen LogP contribution in [0.2, 0.25) is 0 Å². The highest BCUT2D eigenvalue weighted by molar-refractivity contribution is 5.76. The van der Waals surface area contributed by atoms with E-state index in [-0.39, 0.29) is 11.8 Å². The number of nitrogens with zero attached hydrogens (tertiary/aromatic N) is 1. The van der Waals surface area contributed by atoms with Crippen LogP contribution in [0.5, 0.6) is 0 Å². The minimum atomic E-state index is -0.419. The monoisotopic (exact) mass is 291 g/mol. The van der Waals surface area contributed by atoms with Crippen LogP contribution in [0.3, 0.4) is 0 Å². The van der Waals surface area contributed by atoms with Gasteiger partial charge < -0.3 is 14.7 Å². The SMILES string of the molecule is COCCCC(=O)N1CCC(C(O)c2ccccc2)CC1. The van der Waals surface area contributed by atoms with Crippen molar-refractivity contribution in [2.75, 3.05) is 26.8 Å². The number of rotatable bonds is 6. The number of ether oxygens (including phenoxy) is 1. The first kappa shape index (κ1) is 16.0. The average molecular weight is 291 g/mol. The molecule has 0 bridgehead atoms. The fourth-order valence-electron chi connectivity index (χ4n) is 2.91. The van der Waals surface area contributed by atoms with Gasteiger partial charge in [0.1, 0.15) is 0 Å². The second kappa shape index (κ2) is 8.15. The lowest BCUT2D eigenvalue weighted by molar-refractivity contribution is -0.133. The van der Waals surface area contributed by atoms with Crippen LogP contribution in [0.15, 0.2) is 30.3 Å². The predicted octanol–water partition coefficient (Wildman–Crippen LogP) is 2.39. The van der Waals surface area contributed by atoms with E-state index < -0.39 is 6.10 Å². The highest BCUT2D eigenvalue weighted by atomic mass is 16.5. The Bertz CT molecular complexity index is 427. The summed E-state index contributed by atoms with van der Waals surface area (Å²) in [5.41, 5.74) is 0.974. The van der Waals surface area contributed by atoms with E-state index in [9.17, 15) is 9.90 Å². The van der Waals surface area contributed by atoms with E-state index in [0.717, 1.165) is 37.9 Å². The maximum atomic E-state index is 12.0. The van der Waals surface area contributed by atoms with Crippen LogP contribution in [0, 0.1) is 5.92 Å². The molecule has 0 aliphatic carbocycles. The molecule has 1 saturated heterocycles. The van der Waals surface area contributed by atoms with Gasteiger partial charge in [0.25, 0.3) is 0 Å². The van der Waals surface area contributed by atoms with Gasteiger partial charge in [-0.15, -0.1) is 0 Å². The second-order valence-electron chi connectivity index (χ2n) is 5.67. The Labute approximate surface area is 126 Å². The first-order chi connectivity index (χ1) is 10.2. The number of hydrogen-bond acceptors (Lipinski definition) is 3. The predicted molar refractivity (Wildman–Crippen MR) is 81.8 cm³/mol. The lowest BCUT2D eigenvalue weighted by Gasteiger charge is -2.34. The zero-order valence-electron chi connectivity index (χ0n) is 12.7. The van der Waals surface area contributed by atoms with Gasteiger partial charge in [0.2, 0.25) is 5.91 Å².